The van der Waals surface area contributed by atoms with Crippen LogP contribution in [0.3, 0.4) is 0 Å². The quantitative estimate of drug-likeness (QED) is 0.894. The van der Waals surface area contributed by atoms with Crippen LogP contribution < -0.4 is 5.32 Å². The SMILES string of the molecule is Cc1cccc(CCCC(=O)Nc2cc(Br)ccn2)c1. The van der Waals surface area contributed by atoms with Gasteiger partial charge in [-0.2, -0.15) is 0 Å². The number of aryl methyl sites for hydroxylation is 2. The number of pyridine rings is 1. The zero-order chi connectivity index (χ0) is 14.4. The molecule has 1 aromatic carbocycles. The summed E-state index contributed by atoms with van der Waals surface area (Å²) in [5.41, 5.74) is 2.53. The summed E-state index contributed by atoms with van der Waals surface area (Å²) in [7, 11) is 0. The highest BCUT2D eigenvalue weighted by molar-refractivity contribution is 9.10. The van der Waals surface area contributed by atoms with Crippen LogP contribution in [-0.2, 0) is 11.2 Å². The summed E-state index contributed by atoms with van der Waals surface area (Å²) in [5.74, 6) is 0.586. The molecule has 2 aromatic rings. The molecule has 2 rings (SSSR count). The lowest BCUT2D eigenvalue weighted by atomic mass is 10.1. The fourth-order valence-corrected chi connectivity index (χ4v) is 2.33. The molecule has 0 saturated heterocycles. The van der Waals surface area contributed by atoms with Gasteiger partial charge in [0.2, 0.25) is 5.91 Å². The summed E-state index contributed by atoms with van der Waals surface area (Å²) in [5, 5.41) is 2.80. The van der Waals surface area contributed by atoms with Gasteiger partial charge in [0.15, 0.2) is 0 Å². The van der Waals surface area contributed by atoms with Crippen molar-refractivity contribution in [3.8, 4) is 0 Å². The van der Waals surface area contributed by atoms with Crippen LogP contribution in [0.5, 0.6) is 0 Å². The molecule has 20 heavy (non-hydrogen) atoms. The Morgan fingerprint density at radius 1 is 1.30 bits per heavy atom. The van der Waals surface area contributed by atoms with Crippen LogP contribution in [0.4, 0.5) is 5.82 Å². The maximum Gasteiger partial charge on any atom is 0.225 e. The van der Waals surface area contributed by atoms with Crippen LogP contribution in [0.1, 0.15) is 24.0 Å². The van der Waals surface area contributed by atoms with Crippen LogP contribution in [0, 0.1) is 6.92 Å². The Morgan fingerprint density at radius 2 is 2.15 bits per heavy atom. The fourth-order valence-electron chi connectivity index (χ4n) is 2.00. The minimum Gasteiger partial charge on any atom is -0.311 e. The van der Waals surface area contributed by atoms with E-state index in [1.807, 2.05) is 6.07 Å². The number of benzene rings is 1. The Balaban J connectivity index is 1.78. The highest BCUT2D eigenvalue weighted by atomic mass is 79.9. The third-order valence-corrected chi connectivity index (χ3v) is 3.43. The van der Waals surface area contributed by atoms with Crippen molar-refractivity contribution in [1.29, 1.82) is 0 Å². The molecule has 1 aromatic heterocycles. The zero-order valence-corrected chi connectivity index (χ0v) is 13.0. The van der Waals surface area contributed by atoms with E-state index in [1.54, 1.807) is 12.3 Å². The normalized spacial score (nSPS) is 10.3. The summed E-state index contributed by atoms with van der Waals surface area (Å²) in [4.78, 5) is 15.9. The van der Waals surface area contributed by atoms with E-state index >= 15 is 0 Å². The van der Waals surface area contributed by atoms with Gasteiger partial charge in [0.1, 0.15) is 5.82 Å². The molecule has 0 fully saturated rings. The predicted molar refractivity (Wildman–Crippen MR) is 84.7 cm³/mol. The standard InChI is InChI=1S/C16H17BrN2O/c1-12-4-2-5-13(10-12)6-3-7-16(20)19-15-11-14(17)8-9-18-15/h2,4-5,8-11H,3,6-7H2,1H3,(H,18,19,20). The number of nitrogens with one attached hydrogen (secondary N) is 1. The number of carbonyl (C=O) groups excluding carboxylic acids is 1. The molecule has 1 N–H and O–H groups in total. The van der Waals surface area contributed by atoms with Gasteiger partial charge in [-0.25, -0.2) is 4.98 Å². The number of nitrogens with zero attached hydrogens (tertiary/aromatic N) is 1. The molecule has 0 saturated carbocycles. The molecule has 0 bridgehead atoms. The largest absolute Gasteiger partial charge is 0.311 e. The maximum absolute atomic E-state index is 11.8. The van der Waals surface area contributed by atoms with Crippen molar-refractivity contribution in [3.63, 3.8) is 0 Å². The van der Waals surface area contributed by atoms with Crippen molar-refractivity contribution >= 4 is 27.7 Å². The number of amides is 1. The Bertz CT molecular complexity index is 599. The summed E-state index contributed by atoms with van der Waals surface area (Å²) in [6, 6.07) is 12.0. The van der Waals surface area contributed by atoms with Gasteiger partial charge >= 0.3 is 0 Å². The summed E-state index contributed by atoms with van der Waals surface area (Å²) in [6.07, 6.45) is 3.92. The number of anilines is 1. The minimum absolute atomic E-state index is 0.00301. The monoisotopic (exact) mass is 332 g/mol. The van der Waals surface area contributed by atoms with Crippen LogP contribution in [0.15, 0.2) is 47.1 Å². The number of carbonyl (C=O) groups is 1. The molecule has 0 atom stereocenters. The summed E-state index contributed by atoms with van der Waals surface area (Å²) < 4.78 is 0.905. The Labute approximate surface area is 127 Å². The topological polar surface area (TPSA) is 42.0 Å². The van der Waals surface area contributed by atoms with Crippen LogP contribution in [0.2, 0.25) is 0 Å². The van der Waals surface area contributed by atoms with Gasteiger partial charge in [-0.1, -0.05) is 45.8 Å². The molecular formula is C16H17BrN2O. The number of rotatable bonds is 5. The van der Waals surface area contributed by atoms with Crippen molar-refractivity contribution < 1.29 is 4.79 Å². The number of halogens is 1. The van der Waals surface area contributed by atoms with Crippen molar-refractivity contribution in [2.24, 2.45) is 0 Å². The highest BCUT2D eigenvalue weighted by Crippen LogP contribution is 2.13. The van der Waals surface area contributed by atoms with Gasteiger partial charge in [-0.3, -0.25) is 4.79 Å². The van der Waals surface area contributed by atoms with Gasteiger partial charge in [0.25, 0.3) is 0 Å². The molecule has 0 aliphatic carbocycles. The molecule has 0 unspecified atom stereocenters. The summed E-state index contributed by atoms with van der Waals surface area (Å²) >= 11 is 3.35. The lowest BCUT2D eigenvalue weighted by Crippen LogP contribution is -2.12. The molecule has 3 nitrogen and oxygen atoms in total. The molecule has 4 heteroatoms. The van der Waals surface area contributed by atoms with E-state index < -0.39 is 0 Å². The van der Waals surface area contributed by atoms with Crippen LogP contribution >= 0.6 is 15.9 Å². The maximum atomic E-state index is 11.8. The van der Waals surface area contributed by atoms with Gasteiger partial charge in [-0.05, 0) is 37.5 Å². The lowest BCUT2D eigenvalue weighted by molar-refractivity contribution is -0.116. The van der Waals surface area contributed by atoms with Crippen molar-refractivity contribution in [2.45, 2.75) is 26.2 Å². The first-order valence-electron chi connectivity index (χ1n) is 6.60. The van der Waals surface area contributed by atoms with Crippen LogP contribution in [0.25, 0.3) is 0 Å². The Hall–Kier alpha value is -1.68. The number of hydrogen-bond donors (Lipinski definition) is 1. The molecule has 0 aliphatic heterocycles. The molecular weight excluding hydrogens is 316 g/mol. The molecule has 1 amide bonds. The Morgan fingerprint density at radius 3 is 2.90 bits per heavy atom. The second kappa shape index (κ2) is 7.20. The number of aromatic nitrogens is 1. The van der Waals surface area contributed by atoms with Gasteiger partial charge in [0, 0.05) is 17.1 Å². The van der Waals surface area contributed by atoms with E-state index in [0.717, 1.165) is 17.3 Å². The van der Waals surface area contributed by atoms with Gasteiger partial charge < -0.3 is 5.32 Å². The first-order valence-corrected chi connectivity index (χ1v) is 7.40. The third-order valence-electron chi connectivity index (χ3n) is 2.94. The van der Waals surface area contributed by atoms with E-state index in [0.29, 0.717) is 12.2 Å². The summed E-state index contributed by atoms with van der Waals surface area (Å²) in [6.45, 7) is 2.08. The number of hydrogen-bond acceptors (Lipinski definition) is 2. The molecule has 0 spiro atoms. The van der Waals surface area contributed by atoms with E-state index in [1.165, 1.54) is 11.1 Å². The van der Waals surface area contributed by atoms with E-state index in [9.17, 15) is 4.79 Å². The first kappa shape index (κ1) is 14.7. The van der Waals surface area contributed by atoms with E-state index in [-0.39, 0.29) is 5.91 Å². The average molecular weight is 333 g/mol. The van der Waals surface area contributed by atoms with Gasteiger partial charge in [0.05, 0.1) is 0 Å². The van der Waals surface area contributed by atoms with Crippen molar-refractivity contribution in [3.05, 3.63) is 58.2 Å². The van der Waals surface area contributed by atoms with E-state index in [2.05, 4.69) is 57.4 Å². The Kier molecular flexibility index (Phi) is 5.30. The third kappa shape index (κ3) is 4.78. The molecule has 1 heterocycles. The smallest absolute Gasteiger partial charge is 0.225 e. The zero-order valence-electron chi connectivity index (χ0n) is 11.4. The average Bonchev–Trinajstić information content (AvgIpc) is 2.38. The first-order chi connectivity index (χ1) is 9.63. The van der Waals surface area contributed by atoms with E-state index in [4.69, 9.17) is 0 Å². The fraction of sp³-hybridized carbons (Fsp3) is 0.250. The second-order valence-corrected chi connectivity index (χ2v) is 5.67. The van der Waals surface area contributed by atoms with Crippen LogP contribution in [-0.4, -0.2) is 10.9 Å². The predicted octanol–water partition coefficient (Wildman–Crippen LogP) is 4.11. The highest BCUT2D eigenvalue weighted by Gasteiger charge is 2.04. The van der Waals surface area contributed by atoms with Crippen molar-refractivity contribution in [1.82, 2.24) is 4.98 Å². The second-order valence-electron chi connectivity index (χ2n) is 4.75. The molecule has 0 aliphatic rings. The lowest BCUT2D eigenvalue weighted by Gasteiger charge is -2.05. The van der Waals surface area contributed by atoms with Crippen molar-refractivity contribution in [2.75, 3.05) is 5.32 Å². The molecule has 104 valence electrons. The minimum atomic E-state index is 0.00301. The molecule has 0 radical (unpaired) electrons. The van der Waals surface area contributed by atoms with Gasteiger partial charge in [-0.15, -0.1) is 0 Å².